The van der Waals surface area contributed by atoms with E-state index in [1.807, 2.05) is 0 Å². The molecule has 0 unspecified atom stereocenters. The molecule has 0 heterocycles. The van der Waals surface area contributed by atoms with E-state index in [0.717, 1.165) is 18.4 Å². The molecule has 0 fully saturated rings. The van der Waals surface area contributed by atoms with Gasteiger partial charge in [-0.05, 0) is 26.2 Å². The van der Waals surface area contributed by atoms with Gasteiger partial charge in [0.2, 0.25) is 0 Å². The molecule has 3 nitrogen and oxygen atoms in total. The predicted molar refractivity (Wildman–Crippen MR) is 73.4 cm³/mol. The molecular formula is C15H26O3. The number of rotatable bonds is 10. The van der Waals surface area contributed by atoms with Gasteiger partial charge >= 0.3 is 5.97 Å². The lowest BCUT2D eigenvalue weighted by Gasteiger charge is -2.06. The van der Waals surface area contributed by atoms with E-state index in [1.54, 1.807) is 13.0 Å². The molecule has 0 saturated carbocycles. The largest absolute Gasteiger partial charge is 0.466 e. The third-order valence-corrected chi connectivity index (χ3v) is 2.92. The van der Waals surface area contributed by atoms with Gasteiger partial charge in [-0.2, -0.15) is 0 Å². The van der Waals surface area contributed by atoms with Crippen molar-refractivity contribution in [2.45, 2.75) is 65.2 Å². The summed E-state index contributed by atoms with van der Waals surface area (Å²) >= 11 is 0. The zero-order valence-corrected chi connectivity index (χ0v) is 12.0. The van der Waals surface area contributed by atoms with Gasteiger partial charge in [-0.25, -0.2) is 4.79 Å². The van der Waals surface area contributed by atoms with E-state index >= 15 is 0 Å². The highest BCUT2D eigenvalue weighted by molar-refractivity contribution is 5.83. The average Bonchev–Trinajstić information content (AvgIpc) is 2.34. The molecule has 0 spiro atoms. The van der Waals surface area contributed by atoms with E-state index in [0.29, 0.717) is 12.8 Å². The lowest BCUT2D eigenvalue weighted by atomic mass is 10.0. The number of esters is 1. The van der Waals surface area contributed by atoms with Crippen LogP contribution in [0.1, 0.15) is 65.2 Å². The summed E-state index contributed by atoms with van der Waals surface area (Å²) in [4.78, 5) is 22.2. The number of hydrogen-bond donors (Lipinski definition) is 0. The summed E-state index contributed by atoms with van der Waals surface area (Å²) in [6.45, 7) is 3.77. The molecule has 0 aromatic heterocycles. The van der Waals surface area contributed by atoms with E-state index in [-0.39, 0.29) is 11.8 Å². The van der Waals surface area contributed by atoms with Gasteiger partial charge in [-0.15, -0.1) is 0 Å². The number of allylic oxidation sites excluding steroid dienone is 1. The second-order valence-corrected chi connectivity index (χ2v) is 4.69. The van der Waals surface area contributed by atoms with Gasteiger partial charge in [-0.3, -0.25) is 0 Å². The normalized spacial score (nSPS) is 11.4. The van der Waals surface area contributed by atoms with Crippen LogP contribution in [0.5, 0.6) is 0 Å². The quantitative estimate of drug-likeness (QED) is 0.338. The highest BCUT2D eigenvalue weighted by Crippen LogP contribution is 2.16. The molecule has 0 bridgehead atoms. The van der Waals surface area contributed by atoms with Crippen LogP contribution in [0.2, 0.25) is 0 Å². The van der Waals surface area contributed by atoms with Gasteiger partial charge < -0.3 is 9.53 Å². The Bertz CT molecular complexity index is 279. The summed E-state index contributed by atoms with van der Waals surface area (Å²) in [5.41, 5.74) is 1.04. The summed E-state index contributed by atoms with van der Waals surface area (Å²) in [6.07, 6.45) is 9.64. The molecule has 0 atom stereocenters. The van der Waals surface area contributed by atoms with Crippen LogP contribution in [0.4, 0.5) is 0 Å². The molecule has 104 valence electrons. The van der Waals surface area contributed by atoms with E-state index in [9.17, 15) is 9.59 Å². The maximum atomic E-state index is 11.2. The first-order chi connectivity index (χ1) is 8.60. The van der Waals surface area contributed by atoms with Gasteiger partial charge in [0.05, 0.1) is 7.11 Å². The maximum absolute atomic E-state index is 11.2. The van der Waals surface area contributed by atoms with Crippen LogP contribution in [0, 0.1) is 0 Å². The molecule has 0 aliphatic heterocycles. The van der Waals surface area contributed by atoms with Crippen molar-refractivity contribution in [2.24, 2.45) is 0 Å². The van der Waals surface area contributed by atoms with Crippen LogP contribution >= 0.6 is 0 Å². The number of Topliss-reactive ketones (excluding diaryl/α,β-unsaturated/α-hetero) is 1. The number of methoxy groups -OCH3 is 1. The van der Waals surface area contributed by atoms with Crippen molar-refractivity contribution >= 4 is 11.8 Å². The molecule has 0 N–H and O–H groups in total. The smallest absolute Gasteiger partial charge is 0.330 e. The average molecular weight is 254 g/mol. The first kappa shape index (κ1) is 16.9. The van der Waals surface area contributed by atoms with E-state index < -0.39 is 0 Å². The fourth-order valence-electron chi connectivity index (χ4n) is 1.79. The van der Waals surface area contributed by atoms with Crippen LogP contribution in [-0.4, -0.2) is 18.9 Å². The SMILES string of the molecule is CCCCCCC/C(=C\C(=O)OC)CCC(C)=O. The maximum Gasteiger partial charge on any atom is 0.330 e. The Morgan fingerprint density at radius 3 is 2.22 bits per heavy atom. The molecule has 0 saturated heterocycles. The molecule has 0 aliphatic rings. The van der Waals surface area contributed by atoms with Crippen molar-refractivity contribution in [3.05, 3.63) is 11.6 Å². The van der Waals surface area contributed by atoms with Crippen LogP contribution in [0.15, 0.2) is 11.6 Å². The summed E-state index contributed by atoms with van der Waals surface area (Å²) in [5, 5.41) is 0. The van der Waals surface area contributed by atoms with Crippen molar-refractivity contribution in [3.8, 4) is 0 Å². The molecule has 0 aromatic carbocycles. The standard InChI is InChI=1S/C15H26O3/c1-4-5-6-7-8-9-14(11-10-13(2)16)12-15(17)18-3/h12H,4-11H2,1-3H3/b14-12+. The molecule has 0 rings (SSSR count). The lowest BCUT2D eigenvalue weighted by Crippen LogP contribution is -1.99. The lowest BCUT2D eigenvalue weighted by molar-refractivity contribution is -0.135. The molecule has 3 heteroatoms. The molecular weight excluding hydrogens is 228 g/mol. The number of carbonyl (C=O) groups excluding carboxylic acids is 2. The number of ether oxygens (including phenoxy) is 1. The van der Waals surface area contributed by atoms with Gasteiger partial charge in [0.25, 0.3) is 0 Å². The molecule has 18 heavy (non-hydrogen) atoms. The van der Waals surface area contributed by atoms with Crippen molar-refractivity contribution in [2.75, 3.05) is 7.11 Å². The predicted octanol–water partition coefficient (Wildman–Crippen LogP) is 3.82. The van der Waals surface area contributed by atoms with Gasteiger partial charge in [0.15, 0.2) is 0 Å². The number of unbranched alkanes of at least 4 members (excludes halogenated alkanes) is 4. The minimum atomic E-state index is -0.317. The molecule has 0 amide bonds. The Morgan fingerprint density at radius 2 is 1.67 bits per heavy atom. The van der Waals surface area contributed by atoms with Gasteiger partial charge in [0.1, 0.15) is 5.78 Å². The highest BCUT2D eigenvalue weighted by atomic mass is 16.5. The van der Waals surface area contributed by atoms with Crippen LogP contribution in [0.25, 0.3) is 0 Å². The van der Waals surface area contributed by atoms with Gasteiger partial charge in [-0.1, -0.05) is 38.2 Å². The van der Waals surface area contributed by atoms with Crippen molar-refractivity contribution in [1.82, 2.24) is 0 Å². The third kappa shape index (κ3) is 10.1. The molecule has 0 radical (unpaired) electrons. The zero-order valence-electron chi connectivity index (χ0n) is 12.0. The van der Waals surface area contributed by atoms with Crippen molar-refractivity contribution in [1.29, 1.82) is 0 Å². The van der Waals surface area contributed by atoms with E-state index in [1.165, 1.54) is 32.8 Å². The van der Waals surface area contributed by atoms with E-state index in [2.05, 4.69) is 11.7 Å². The van der Waals surface area contributed by atoms with Gasteiger partial charge in [0, 0.05) is 12.5 Å². The Balaban J connectivity index is 4.08. The highest BCUT2D eigenvalue weighted by Gasteiger charge is 2.04. The molecule has 0 aliphatic carbocycles. The number of ketones is 1. The second kappa shape index (κ2) is 11.0. The van der Waals surface area contributed by atoms with Crippen molar-refractivity contribution < 1.29 is 14.3 Å². The number of carbonyl (C=O) groups is 2. The van der Waals surface area contributed by atoms with Crippen LogP contribution < -0.4 is 0 Å². The fourth-order valence-corrected chi connectivity index (χ4v) is 1.79. The third-order valence-electron chi connectivity index (χ3n) is 2.92. The minimum absolute atomic E-state index is 0.164. The Labute approximate surface area is 111 Å². The Hall–Kier alpha value is -1.12. The summed E-state index contributed by atoms with van der Waals surface area (Å²) < 4.78 is 4.63. The van der Waals surface area contributed by atoms with Crippen molar-refractivity contribution in [3.63, 3.8) is 0 Å². The first-order valence-electron chi connectivity index (χ1n) is 6.87. The minimum Gasteiger partial charge on any atom is -0.466 e. The Morgan fingerprint density at radius 1 is 1.00 bits per heavy atom. The second-order valence-electron chi connectivity index (χ2n) is 4.69. The fraction of sp³-hybridized carbons (Fsp3) is 0.733. The summed E-state index contributed by atoms with van der Waals surface area (Å²) in [5.74, 6) is -0.154. The van der Waals surface area contributed by atoms with Crippen LogP contribution in [-0.2, 0) is 14.3 Å². The first-order valence-corrected chi connectivity index (χ1v) is 6.87. The Kier molecular flexibility index (Phi) is 10.3. The number of hydrogen-bond acceptors (Lipinski definition) is 3. The van der Waals surface area contributed by atoms with E-state index in [4.69, 9.17) is 0 Å². The topological polar surface area (TPSA) is 43.4 Å². The summed E-state index contributed by atoms with van der Waals surface area (Å²) in [7, 11) is 1.38. The molecule has 0 aromatic rings. The summed E-state index contributed by atoms with van der Waals surface area (Å²) in [6, 6.07) is 0. The monoisotopic (exact) mass is 254 g/mol. The zero-order chi connectivity index (χ0) is 13.8. The van der Waals surface area contributed by atoms with Crippen LogP contribution in [0.3, 0.4) is 0 Å².